The average Bonchev–Trinajstić information content (AvgIpc) is 2.15. The van der Waals surface area contributed by atoms with Crippen LogP contribution in [-0.4, -0.2) is 9.97 Å². The number of nitrogens with zero attached hydrogens (tertiary/aromatic N) is 2. The fourth-order valence-corrected chi connectivity index (χ4v) is 3.06. The first-order valence-corrected chi connectivity index (χ1v) is 6.91. The van der Waals surface area contributed by atoms with E-state index < -0.39 is 0 Å². The summed E-state index contributed by atoms with van der Waals surface area (Å²) in [6.07, 6.45) is 0. The van der Waals surface area contributed by atoms with Crippen LogP contribution in [0.25, 0.3) is 11.4 Å². The Morgan fingerprint density at radius 2 is 1.56 bits per heavy atom. The molecule has 1 aromatic heterocycles. The Kier molecular flexibility index (Phi) is 3.77. The number of hydrogen-bond donors (Lipinski definition) is 0. The predicted molar refractivity (Wildman–Crippen MR) is 75.3 cm³/mol. The highest BCUT2D eigenvalue weighted by molar-refractivity contribution is 9.11. The van der Waals surface area contributed by atoms with Crippen LogP contribution < -0.4 is 0 Å². The van der Waals surface area contributed by atoms with Gasteiger partial charge in [-0.2, -0.15) is 0 Å². The zero-order valence-electron chi connectivity index (χ0n) is 8.34. The Morgan fingerprint density at radius 1 is 0.938 bits per heavy atom. The van der Waals surface area contributed by atoms with E-state index in [-0.39, 0.29) is 0 Å². The van der Waals surface area contributed by atoms with Crippen molar-refractivity contribution in [3.05, 3.63) is 43.5 Å². The molecule has 16 heavy (non-hydrogen) atoms. The summed E-state index contributed by atoms with van der Waals surface area (Å²) in [5, 5.41) is 0. The van der Waals surface area contributed by atoms with Crippen molar-refractivity contribution in [3.8, 4) is 11.4 Å². The lowest BCUT2D eigenvalue weighted by Crippen LogP contribution is -1.91. The van der Waals surface area contributed by atoms with Gasteiger partial charge in [-0.05, 0) is 56.5 Å². The van der Waals surface area contributed by atoms with E-state index in [0.717, 1.165) is 19.2 Å². The minimum Gasteiger partial charge on any atom is -0.221 e. The van der Waals surface area contributed by atoms with Crippen LogP contribution in [0.4, 0.5) is 0 Å². The lowest BCUT2D eigenvalue weighted by molar-refractivity contribution is 1.12. The Balaban J connectivity index is 2.58. The van der Waals surface area contributed by atoms with Gasteiger partial charge in [0.25, 0.3) is 0 Å². The van der Waals surface area contributed by atoms with Gasteiger partial charge in [0.15, 0.2) is 5.82 Å². The largest absolute Gasteiger partial charge is 0.221 e. The number of aryl methyl sites for hydroxylation is 1. The molecule has 0 aliphatic rings. The van der Waals surface area contributed by atoms with Crippen molar-refractivity contribution in [2.45, 2.75) is 6.92 Å². The summed E-state index contributed by atoms with van der Waals surface area (Å²) in [6, 6.07) is 7.91. The second-order valence-corrected chi connectivity index (χ2v) is 5.80. The fraction of sp³-hybridized carbons (Fsp3) is 0.0909. The summed E-state index contributed by atoms with van der Waals surface area (Å²) in [7, 11) is 0. The minimum absolute atomic E-state index is 0.688. The van der Waals surface area contributed by atoms with E-state index in [0.29, 0.717) is 5.82 Å². The molecule has 0 unspecified atom stereocenters. The molecule has 82 valence electrons. The molecule has 0 radical (unpaired) electrons. The van der Waals surface area contributed by atoms with E-state index in [4.69, 9.17) is 0 Å². The molecule has 0 saturated heterocycles. The minimum atomic E-state index is 0.688. The summed E-state index contributed by atoms with van der Waals surface area (Å²) in [5.41, 5.74) is 2.18. The van der Waals surface area contributed by atoms with Crippen molar-refractivity contribution in [1.82, 2.24) is 9.97 Å². The maximum atomic E-state index is 4.34. The van der Waals surface area contributed by atoms with Crippen LogP contribution in [0.15, 0.2) is 37.9 Å². The Morgan fingerprint density at radius 3 is 2.12 bits per heavy atom. The lowest BCUT2D eigenvalue weighted by atomic mass is 10.1. The maximum Gasteiger partial charge on any atom is 0.162 e. The van der Waals surface area contributed by atoms with Crippen LogP contribution in [-0.2, 0) is 0 Å². The number of hydrogen-bond acceptors (Lipinski definition) is 2. The predicted octanol–water partition coefficient (Wildman–Crippen LogP) is 4.74. The van der Waals surface area contributed by atoms with E-state index >= 15 is 0 Å². The lowest BCUT2D eigenvalue weighted by Gasteiger charge is -2.05. The van der Waals surface area contributed by atoms with E-state index in [9.17, 15) is 0 Å². The second-order valence-electron chi connectivity index (χ2n) is 3.32. The van der Waals surface area contributed by atoms with Crippen molar-refractivity contribution in [2.24, 2.45) is 0 Å². The summed E-state index contributed by atoms with van der Waals surface area (Å²) < 4.78 is 2.52. The maximum absolute atomic E-state index is 4.34. The zero-order valence-corrected chi connectivity index (χ0v) is 13.1. The molecule has 0 fully saturated rings. The highest BCUT2D eigenvalue weighted by atomic mass is 79.9. The molecule has 0 saturated carbocycles. The smallest absolute Gasteiger partial charge is 0.162 e. The molecule has 2 nitrogen and oxygen atoms in total. The third kappa shape index (κ3) is 2.70. The summed E-state index contributed by atoms with van der Waals surface area (Å²) in [4.78, 5) is 8.68. The number of aromatic nitrogens is 2. The Hall–Kier alpha value is -0.260. The first-order chi connectivity index (χ1) is 7.56. The van der Waals surface area contributed by atoms with E-state index in [1.807, 2.05) is 31.2 Å². The monoisotopic (exact) mass is 404 g/mol. The average molecular weight is 407 g/mol. The molecule has 2 rings (SSSR count). The van der Waals surface area contributed by atoms with Crippen molar-refractivity contribution in [2.75, 3.05) is 0 Å². The highest BCUT2D eigenvalue weighted by Crippen LogP contribution is 2.28. The Labute approximate surface area is 119 Å². The van der Waals surface area contributed by atoms with Crippen molar-refractivity contribution >= 4 is 47.8 Å². The SMILES string of the molecule is Cc1ccc(-c2nc(Br)cc(Br)n2)c(Br)c1. The van der Waals surface area contributed by atoms with E-state index in [2.05, 4.69) is 57.8 Å². The molecular weight excluding hydrogens is 400 g/mol. The Bertz CT molecular complexity index is 520. The van der Waals surface area contributed by atoms with Gasteiger partial charge in [0.05, 0.1) is 0 Å². The van der Waals surface area contributed by atoms with Gasteiger partial charge in [0.1, 0.15) is 9.21 Å². The zero-order chi connectivity index (χ0) is 11.7. The first-order valence-electron chi connectivity index (χ1n) is 4.53. The van der Waals surface area contributed by atoms with E-state index in [1.54, 1.807) is 0 Å². The third-order valence-electron chi connectivity index (χ3n) is 2.03. The van der Waals surface area contributed by atoms with Gasteiger partial charge in [0, 0.05) is 16.1 Å². The molecule has 0 N–H and O–H groups in total. The first kappa shape index (κ1) is 12.2. The second kappa shape index (κ2) is 4.94. The standard InChI is InChI=1S/C11H7Br3N2/c1-6-2-3-7(8(12)4-6)11-15-9(13)5-10(14)16-11/h2-5H,1H3. The summed E-state index contributed by atoms with van der Waals surface area (Å²) in [5.74, 6) is 0.688. The molecule has 0 spiro atoms. The molecule has 5 heteroatoms. The van der Waals surface area contributed by atoms with Crippen molar-refractivity contribution in [1.29, 1.82) is 0 Å². The molecule has 0 atom stereocenters. The topological polar surface area (TPSA) is 25.8 Å². The number of rotatable bonds is 1. The molecule has 1 heterocycles. The van der Waals surface area contributed by atoms with Crippen LogP contribution in [0.1, 0.15) is 5.56 Å². The molecule has 0 aliphatic heterocycles. The van der Waals surface area contributed by atoms with Crippen molar-refractivity contribution < 1.29 is 0 Å². The van der Waals surface area contributed by atoms with Crippen LogP contribution in [0.3, 0.4) is 0 Å². The molecule has 1 aromatic carbocycles. The van der Waals surface area contributed by atoms with Crippen LogP contribution in [0, 0.1) is 6.92 Å². The molecular formula is C11H7Br3N2. The van der Waals surface area contributed by atoms with Crippen molar-refractivity contribution in [3.63, 3.8) is 0 Å². The van der Waals surface area contributed by atoms with Crippen LogP contribution in [0.2, 0.25) is 0 Å². The van der Waals surface area contributed by atoms with E-state index in [1.165, 1.54) is 5.56 Å². The molecule has 2 aromatic rings. The quantitative estimate of drug-likeness (QED) is 0.639. The highest BCUT2D eigenvalue weighted by Gasteiger charge is 2.08. The molecule has 0 aliphatic carbocycles. The van der Waals surface area contributed by atoms with Gasteiger partial charge in [-0.15, -0.1) is 0 Å². The molecule has 0 bridgehead atoms. The van der Waals surface area contributed by atoms with Crippen LogP contribution >= 0.6 is 47.8 Å². The van der Waals surface area contributed by atoms with Gasteiger partial charge in [-0.25, -0.2) is 9.97 Å². The number of halogens is 3. The molecule has 0 amide bonds. The third-order valence-corrected chi connectivity index (χ3v) is 3.50. The van der Waals surface area contributed by atoms with Crippen LogP contribution in [0.5, 0.6) is 0 Å². The fourth-order valence-electron chi connectivity index (χ4n) is 1.31. The van der Waals surface area contributed by atoms with Gasteiger partial charge >= 0.3 is 0 Å². The number of benzene rings is 1. The van der Waals surface area contributed by atoms with Gasteiger partial charge in [-0.1, -0.05) is 22.0 Å². The summed E-state index contributed by atoms with van der Waals surface area (Å²) in [6.45, 7) is 2.05. The summed E-state index contributed by atoms with van der Waals surface area (Å²) >= 11 is 10.2. The van der Waals surface area contributed by atoms with Gasteiger partial charge in [0.2, 0.25) is 0 Å². The normalized spacial score (nSPS) is 10.5. The van der Waals surface area contributed by atoms with Gasteiger partial charge < -0.3 is 0 Å². The van der Waals surface area contributed by atoms with Gasteiger partial charge in [-0.3, -0.25) is 0 Å².